The SMILES string of the molecule is COC(=O)[C@@H](Cc1cccc(O)c1)NC(=O)[C@@H](N)CC(=O)O. The molecule has 1 amide bonds. The molecule has 0 saturated heterocycles. The molecule has 0 fully saturated rings. The van der Waals surface area contributed by atoms with Crippen molar-refractivity contribution in [1.29, 1.82) is 0 Å². The predicted octanol–water partition coefficient (Wildman–Crippen LogP) is -0.605. The minimum atomic E-state index is -1.27. The molecule has 1 aromatic rings. The standard InChI is InChI=1S/C14H18N2O6/c1-22-14(21)11(6-8-3-2-4-9(17)5-8)16-13(20)10(15)7-12(18)19/h2-5,10-11,17H,6-7,15H2,1H3,(H,16,20)(H,18,19)/t10-,11+/m0/s1. The first-order valence-electron chi connectivity index (χ1n) is 6.47. The Morgan fingerprint density at radius 3 is 2.59 bits per heavy atom. The monoisotopic (exact) mass is 310 g/mol. The first-order valence-corrected chi connectivity index (χ1v) is 6.47. The topological polar surface area (TPSA) is 139 Å². The lowest BCUT2D eigenvalue weighted by atomic mass is 10.0. The minimum Gasteiger partial charge on any atom is -0.508 e. The number of ether oxygens (including phenoxy) is 1. The molecule has 120 valence electrons. The molecule has 0 saturated carbocycles. The molecule has 8 nitrogen and oxygen atoms in total. The van der Waals surface area contributed by atoms with Gasteiger partial charge in [0.05, 0.1) is 19.6 Å². The highest BCUT2D eigenvalue weighted by atomic mass is 16.5. The van der Waals surface area contributed by atoms with Crippen LogP contribution in [0.15, 0.2) is 24.3 Å². The van der Waals surface area contributed by atoms with Crippen LogP contribution in [0.4, 0.5) is 0 Å². The second-order valence-corrected chi connectivity index (χ2v) is 4.66. The fraction of sp³-hybridized carbons (Fsp3) is 0.357. The fourth-order valence-electron chi connectivity index (χ4n) is 1.81. The van der Waals surface area contributed by atoms with Crippen molar-refractivity contribution in [3.05, 3.63) is 29.8 Å². The van der Waals surface area contributed by atoms with Crippen molar-refractivity contribution in [2.24, 2.45) is 5.73 Å². The summed E-state index contributed by atoms with van der Waals surface area (Å²) in [6.07, 6.45) is -0.474. The van der Waals surface area contributed by atoms with E-state index in [0.29, 0.717) is 5.56 Å². The van der Waals surface area contributed by atoms with Crippen molar-refractivity contribution in [3.8, 4) is 5.75 Å². The van der Waals surface area contributed by atoms with E-state index in [-0.39, 0.29) is 12.2 Å². The quantitative estimate of drug-likeness (QED) is 0.493. The number of esters is 1. The van der Waals surface area contributed by atoms with E-state index < -0.39 is 36.4 Å². The average molecular weight is 310 g/mol. The molecule has 0 bridgehead atoms. The van der Waals surface area contributed by atoms with Crippen molar-refractivity contribution in [1.82, 2.24) is 5.32 Å². The molecule has 1 aromatic carbocycles. The number of aromatic hydroxyl groups is 1. The Morgan fingerprint density at radius 2 is 2.05 bits per heavy atom. The van der Waals surface area contributed by atoms with Crippen LogP contribution in [0.1, 0.15) is 12.0 Å². The summed E-state index contributed by atoms with van der Waals surface area (Å²) in [4.78, 5) is 34.1. The summed E-state index contributed by atoms with van der Waals surface area (Å²) >= 11 is 0. The van der Waals surface area contributed by atoms with Gasteiger partial charge in [-0.1, -0.05) is 12.1 Å². The molecular weight excluding hydrogens is 292 g/mol. The van der Waals surface area contributed by atoms with E-state index in [1.165, 1.54) is 19.2 Å². The Balaban J connectivity index is 2.79. The summed E-state index contributed by atoms with van der Waals surface area (Å²) in [5.41, 5.74) is 6.04. The number of hydrogen-bond donors (Lipinski definition) is 4. The van der Waals surface area contributed by atoms with Gasteiger partial charge in [-0.15, -0.1) is 0 Å². The molecule has 8 heteroatoms. The number of amides is 1. The van der Waals surface area contributed by atoms with Crippen LogP contribution in [-0.2, 0) is 25.5 Å². The minimum absolute atomic E-state index is 0.0232. The number of nitrogens with two attached hydrogens (primary N) is 1. The smallest absolute Gasteiger partial charge is 0.328 e. The summed E-state index contributed by atoms with van der Waals surface area (Å²) in [6, 6.07) is 3.88. The molecule has 0 heterocycles. The van der Waals surface area contributed by atoms with Gasteiger partial charge in [0, 0.05) is 6.42 Å². The molecule has 0 unspecified atom stereocenters. The number of carbonyl (C=O) groups is 3. The molecule has 0 spiro atoms. The van der Waals surface area contributed by atoms with Gasteiger partial charge in [-0.2, -0.15) is 0 Å². The number of carboxylic acids is 1. The second kappa shape index (κ2) is 7.99. The number of hydrogen-bond acceptors (Lipinski definition) is 6. The Kier molecular flexibility index (Phi) is 6.33. The van der Waals surface area contributed by atoms with E-state index in [0.717, 1.165) is 0 Å². The van der Waals surface area contributed by atoms with Crippen LogP contribution in [0, 0.1) is 0 Å². The number of aliphatic carboxylic acids is 1. The highest BCUT2D eigenvalue weighted by Gasteiger charge is 2.25. The van der Waals surface area contributed by atoms with E-state index in [1.807, 2.05) is 0 Å². The van der Waals surface area contributed by atoms with Crippen molar-refractivity contribution >= 4 is 17.8 Å². The van der Waals surface area contributed by atoms with Gasteiger partial charge in [0.15, 0.2) is 0 Å². The van der Waals surface area contributed by atoms with E-state index in [4.69, 9.17) is 10.8 Å². The number of nitrogens with one attached hydrogen (secondary N) is 1. The normalized spacial score (nSPS) is 13.0. The van der Waals surface area contributed by atoms with Crippen LogP contribution in [0.2, 0.25) is 0 Å². The first-order chi connectivity index (χ1) is 10.3. The summed E-state index contributed by atoms with van der Waals surface area (Å²) < 4.78 is 4.60. The maximum atomic E-state index is 11.8. The highest BCUT2D eigenvalue weighted by Crippen LogP contribution is 2.13. The van der Waals surface area contributed by atoms with Gasteiger partial charge in [0.25, 0.3) is 0 Å². The van der Waals surface area contributed by atoms with E-state index in [9.17, 15) is 19.5 Å². The number of phenols is 1. The lowest BCUT2D eigenvalue weighted by molar-refractivity contribution is -0.145. The van der Waals surface area contributed by atoms with Gasteiger partial charge in [-0.3, -0.25) is 9.59 Å². The third kappa shape index (κ3) is 5.41. The zero-order chi connectivity index (χ0) is 16.7. The van der Waals surface area contributed by atoms with E-state index >= 15 is 0 Å². The Morgan fingerprint density at radius 1 is 1.36 bits per heavy atom. The lowest BCUT2D eigenvalue weighted by Gasteiger charge is -2.18. The van der Waals surface area contributed by atoms with Gasteiger partial charge in [0.1, 0.15) is 11.8 Å². The first kappa shape index (κ1) is 17.4. The van der Waals surface area contributed by atoms with Crippen LogP contribution in [0.25, 0.3) is 0 Å². The van der Waals surface area contributed by atoms with Crippen LogP contribution in [-0.4, -0.2) is 47.3 Å². The number of methoxy groups -OCH3 is 1. The Bertz CT molecular complexity index is 560. The van der Waals surface area contributed by atoms with E-state index in [2.05, 4.69) is 10.1 Å². The Labute approximate surface area is 126 Å². The summed E-state index contributed by atoms with van der Waals surface area (Å²) in [7, 11) is 1.17. The largest absolute Gasteiger partial charge is 0.508 e. The maximum absolute atomic E-state index is 11.8. The molecule has 1 rings (SSSR count). The molecule has 22 heavy (non-hydrogen) atoms. The molecule has 2 atom stereocenters. The van der Waals surface area contributed by atoms with Gasteiger partial charge in [0.2, 0.25) is 5.91 Å². The van der Waals surface area contributed by atoms with Crippen molar-refractivity contribution in [2.45, 2.75) is 24.9 Å². The van der Waals surface area contributed by atoms with Crippen LogP contribution < -0.4 is 11.1 Å². The number of carboxylic acid groups (broad SMARTS) is 1. The fourth-order valence-corrected chi connectivity index (χ4v) is 1.81. The van der Waals surface area contributed by atoms with Crippen LogP contribution in [0.5, 0.6) is 5.75 Å². The third-order valence-corrected chi connectivity index (χ3v) is 2.88. The molecule has 0 aliphatic heterocycles. The molecule has 0 aromatic heterocycles. The summed E-state index contributed by atoms with van der Waals surface area (Å²) in [6.45, 7) is 0. The number of carbonyl (C=O) groups excluding carboxylic acids is 2. The number of benzene rings is 1. The van der Waals surface area contributed by atoms with Crippen LogP contribution in [0.3, 0.4) is 0 Å². The predicted molar refractivity (Wildman–Crippen MR) is 76.0 cm³/mol. The molecule has 5 N–H and O–H groups in total. The summed E-state index contributed by atoms with van der Waals surface area (Å²) in [5.74, 6) is -2.66. The number of phenolic OH excluding ortho intramolecular Hbond substituents is 1. The van der Waals surface area contributed by atoms with Gasteiger partial charge < -0.3 is 26.0 Å². The average Bonchev–Trinajstić information content (AvgIpc) is 2.44. The lowest BCUT2D eigenvalue weighted by Crippen LogP contribution is -2.50. The third-order valence-electron chi connectivity index (χ3n) is 2.88. The highest BCUT2D eigenvalue weighted by molar-refractivity contribution is 5.89. The molecule has 0 radical (unpaired) electrons. The summed E-state index contributed by atoms with van der Waals surface area (Å²) in [5, 5.41) is 20.4. The maximum Gasteiger partial charge on any atom is 0.328 e. The van der Waals surface area contributed by atoms with Crippen molar-refractivity contribution in [2.75, 3.05) is 7.11 Å². The zero-order valence-electron chi connectivity index (χ0n) is 12.0. The van der Waals surface area contributed by atoms with Crippen molar-refractivity contribution in [3.63, 3.8) is 0 Å². The zero-order valence-corrected chi connectivity index (χ0v) is 12.0. The van der Waals surface area contributed by atoms with E-state index in [1.54, 1.807) is 12.1 Å². The van der Waals surface area contributed by atoms with Gasteiger partial charge in [-0.05, 0) is 17.7 Å². The second-order valence-electron chi connectivity index (χ2n) is 4.66. The molecule has 0 aliphatic rings. The van der Waals surface area contributed by atoms with Crippen molar-refractivity contribution < 1.29 is 29.3 Å². The Hall–Kier alpha value is -2.61. The molecule has 0 aliphatic carbocycles. The van der Waals surface area contributed by atoms with Gasteiger partial charge in [-0.25, -0.2) is 4.79 Å². The van der Waals surface area contributed by atoms with Gasteiger partial charge >= 0.3 is 11.9 Å². The molecular formula is C14H18N2O6. The van der Waals surface area contributed by atoms with Crippen LogP contribution >= 0.6 is 0 Å². The number of rotatable bonds is 7.